The van der Waals surface area contributed by atoms with Gasteiger partial charge < -0.3 is 21.9 Å². The number of nitrogens with two attached hydrogens (primary N) is 2. The van der Waals surface area contributed by atoms with Gasteiger partial charge in [0, 0.05) is 17.7 Å². The number of primary amides is 1. The van der Waals surface area contributed by atoms with Crippen molar-refractivity contribution in [3.05, 3.63) is 42.5 Å². The summed E-state index contributed by atoms with van der Waals surface area (Å²) >= 11 is 0. The molecule has 1 heterocycles. The summed E-state index contributed by atoms with van der Waals surface area (Å²) in [4.78, 5) is 10.9. The van der Waals surface area contributed by atoms with E-state index in [-0.39, 0.29) is 11.6 Å². The summed E-state index contributed by atoms with van der Waals surface area (Å²) in [5.74, 6) is -0.106. The smallest absolute Gasteiger partial charge is 0.244 e. The fourth-order valence-electron chi connectivity index (χ4n) is 2.01. The van der Waals surface area contributed by atoms with Crippen molar-refractivity contribution in [2.45, 2.75) is 12.8 Å². The minimum absolute atomic E-state index is 0.121. The molecule has 1 aromatic heterocycles. The van der Waals surface area contributed by atoms with Crippen molar-refractivity contribution in [2.75, 3.05) is 17.6 Å². The Morgan fingerprint density at radius 1 is 1.30 bits per heavy atom. The summed E-state index contributed by atoms with van der Waals surface area (Å²) in [6.45, 7) is 4.17. The fourth-order valence-corrected chi connectivity index (χ4v) is 2.01. The summed E-state index contributed by atoms with van der Waals surface area (Å²) in [6.07, 6.45) is 1.18. The molecule has 0 fully saturated rings. The predicted octanol–water partition coefficient (Wildman–Crippen LogP) is 1.66. The van der Waals surface area contributed by atoms with E-state index in [0.29, 0.717) is 41.9 Å². The minimum Gasteiger partial charge on any atom is -0.507 e. The van der Waals surface area contributed by atoms with Crippen LogP contribution in [0.3, 0.4) is 0 Å². The second-order valence-corrected chi connectivity index (χ2v) is 5.04. The van der Waals surface area contributed by atoms with E-state index in [1.807, 2.05) is 0 Å². The number of aromatic nitrogens is 2. The van der Waals surface area contributed by atoms with Gasteiger partial charge in [-0.2, -0.15) is 0 Å². The van der Waals surface area contributed by atoms with E-state index in [4.69, 9.17) is 11.5 Å². The highest BCUT2D eigenvalue weighted by Crippen LogP contribution is 2.29. The molecule has 0 spiro atoms. The van der Waals surface area contributed by atoms with E-state index in [9.17, 15) is 9.90 Å². The summed E-state index contributed by atoms with van der Waals surface area (Å²) in [5.41, 5.74) is 13.0. The number of amides is 1. The molecule has 0 aliphatic rings. The molecule has 6 N–H and O–H groups in total. The molecule has 120 valence electrons. The summed E-state index contributed by atoms with van der Waals surface area (Å²) in [6, 6.07) is 8.58. The highest BCUT2D eigenvalue weighted by atomic mass is 16.3. The van der Waals surface area contributed by atoms with Gasteiger partial charge in [-0.15, -0.1) is 10.2 Å². The van der Waals surface area contributed by atoms with Gasteiger partial charge in [0.05, 0.1) is 11.4 Å². The Labute approximate surface area is 134 Å². The largest absolute Gasteiger partial charge is 0.507 e. The SMILES string of the molecule is C=C(CCCNc1cc(-c2ccccc2O)nnc1N)C(N)=O. The van der Waals surface area contributed by atoms with Crippen molar-refractivity contribution < 1.29 is 9.90 Å². The molecule has 0 bridgehead atoms. The number of carbonyl (C=O) groups excluding carboxylic acids is 1. The summed E-state index contributed by atoms with van der Waals surface area (Å²) < 4.78 is 0. The van der Waals surface area contributed by atoms with Crippen LogP contribution in [0.2, 0.25) is 0 Å². The number of nitrogen functional groups attached to an aromatic ring is 1. The van der Waals surface area contributed by atoms with Gasteiger partial charge in [-0.1, -0.05) is 18.7 Å². The van der Waals surface area contributed by atoms with Gasteiger partial charge in [0.1, 0.15) is 5.75 Å². The van der Waals surface area contributed by atoms with E-state index < -0.39 is 5.91 Å². The van der Waals surface area contributed by atoms with Crippen LogP contribution in [0.1, 0.15) is 12.8 Å². The van der Waals surface area contributed by atoms with Crippen LogP contribution in [0.15, 0.2) is 42.5 Å². The van der Waals surface area contributed by atoms with Gasteiger partial charge in [-0.25, -0.2) is 0 Å². The molecule has 23 heavy (non-hydrogen) atoms. The fraction of sp³-hybridized carbons (Fsp3) is 0.188. The predicted molar refractivity (Wildman–Crippen MR) is 89.6 cm³/mol. The van der Waals surface area contributed by atoms with Crippen LogP contribution < -0.4 is 16.8 Å². The first kappa shape index (κ1) is 16.3. The highest BCUT2D eigenvalue weighted by molar-refractivity contribution is 5.91. The zero-order valence-electron chi connectivity index (χ0n) is 12.6. The van der Waals surface area contributed by atoms with Gasteiger partial charge in [0.25, 0.3) is 0 Å². The van der Waals surface area contributed by atoms with Crippen LogP contribution in [0.25, 0.3) is 11.3 Å². The molecular weight excluding hydrogens is 294 g/mol. The number of benzene rings is 1. The second kappa shape index (κ2) is 7.26. The second-order valence-electron chi connectivity index (χ2n) is 5.04. The van der Waals surface area contributed by atoms with Crippen LogP contribution in [0.4, 0.5) is 11.5 Å². The Hall–Kier alpha value is -3.09. The first-order valence-corrected chi connectivity index (χ1v) is 7.12. The minimum atomic E-state index is -0.489. The lowest BCUT2D eigenvalue weighted by molar-refractivity contribution is -0.114. The number of para-hydroxylation sites is 1. The molecule has 0 atom stereocenters. The maximum absolute atomic E-state index is 10.9. The van der Waals surface area contributed by atoms with Gasteiger partial charge >= 0.3 is 0 Å². The maximum atomic E-state index is 10.9. The molecule has 1 amide bonds. The van der Waals surface area contributed by atoms with E-state index in [1.165, 1.54) is 0 Å². The van der Waals surface area contributed by atoms with Gasteiger partial charge in [0.15, 0.2) is 5.82 Å². The molecule has 2 aromatic rings. The number of phenols is 1. The zero-order chi connectivity index (χ0) is 16.8. The lowest BCUT2D eigenvalue weighted by atomic mass is 10.1. The van der Waals surface area contributed by atoms with Crippen molar-refractivity contribution in [1.29, 1.82) is 0 Å². The van der Waals surface area contributed by atoms with Crippen molar-refractivity contribution in [1.82, 2.24) is 10.2 Å². The van der Waals surface area contributed by atoms with E-state index in [2.05, 4.69) is 22.1 Å². The standard InChI is InChI=1S/C16H19N5O2/c1-10(16(18)23)5-4-8-19-13-9-12(20-21-15(13)17)11-6-2-3-7-14(11)22/h2-3,6-7,9,22H,1,4-5,8H2,(H2,17,21)(H2,18,23)(H,19,20). The van der Waals surface area contributed by atoms with Gasteiger partial charge in [0.2, 0.25) is 5.91 Å². The average molecular weight is 313 g/mol. The molecule has 0 aliphatic carbocycles. The summed E-state index contributed by atoms with van der Waals surface area (Å²) in [7, 11) is 0. The number of rotatable bonds is 7. The van der Waals surface area contributed by atoms with Crippen molar-refractivity contribution in [2.24, 2.45) is 5.73 Å². The van der Waals surface area contributed by atoms with Crippen molar-refractivity contribution in [3.63, 3.8) is 0 Å². The Balaban J connectivity index is 2.05. The van der Waals surface area contributed by atoms with E-state index in [1.54, 1.807) is 30.3 Å². The molecule has 2 rings (SSSR count). The molecule has 0 saturated carbocycles. The van der Waals surface area contributed by atoms with Crippen molar-refractivity contribution >= 4 is 17.4 Å². The third kappa shape index (κ3) is 4.19. The van der Waals surface area contributed by atoms with Crippen LogP contribution in [0.5, 0.6) is 5.75 Å². The van der Waals surface area contributed by atoms with Crippen LogP contribution in [0, 0.1) is 0 Å². The molecule has 1 aromatic carbocycles. The number of phenolic OH excluding ortho intramolecular Hbond substituents is 1. The lowest BCUT2D eigenvalue weighted by Crippen LogP contribution is -2.14. The molecule has 0 aliphatic heterocycles. The molecule has 0 unspecified atom stereocenters. The number of aromatic hydroxyl groups is 1. The third-order valence-corrected chi connectivity index (χ3v) is 3.32. The molecule has 7 heteroatoms. The Morgan fingerprint density at radius 3 is 2.74 bits per heavy atom. The molecule has 0 saturated heterocycles. The Morgan fingerprint density at radius 2 is 2.04 bits per heavy atom. The number of nitrogens with zero attached hydrogens (tertiary/aromatic N) is 2. The van der Waals surface area contributed by atoms with Crippen molar-refractivity contribution in [3.8, 4) is 17.0 Å². The zero-order valence-corrected chi connectivity index (χ0v) is 12.6. The highest BCUT2D eigenvalue weighted by Gasteiger charge is 2.09. The number of hydrogen-bond acceptors (Lipinski definition) is 6. The molecule has 7 nitrogen and oxygen atoms in total. The first-order valence-electron chi connectivity index (χ1n) is 7.12. The van der Waals surface area contributed by atoms with Crippen LogP contribution in [-0.4, -0.2) is 27.8 Å². The average Bonchev–Trinajstić information content (AvgIpc) is 2.53. The van der Waals surface area contributed by atoms with Gasteiger partial charge in [-0.3, -0.25) is 4.79 Å². The topological polar surface area (TPSA) is 127 Å². The number of hydrogen-bond donors (Lipinski definition) is 4. The van der Waals surface area contributed by atoms with E-state index in [0.717, 1.165) is 0 Å². The molecule has 0 radical (unpaired) electrons. The third-order valence-electron chi connectivity index (χ3n) is 3.32. The van der Waals surface area contributed by atoms with Gasteiger partial charge in [-0.05, 0) is 31.0 Å². The Bertz CT molecular complexity index is 730. The normalized spacial score (nSPS) is 10.3. The quantitative estimate of drug-likeness (QED) is 0.455. The first-order chi connectivity index (χ1) is 11.0. The Kier molecular flexibility index (Phi) is 5.14. The molecular formula is C16H19N5O2. The monoisotopic (exact) mass is 313 g/mol. The number of anilines is 2. The van der Waals surface area contributed by atoms with Crippen LogP contribution in [-0.2, 0) is 4.79 Å². The number of nitrogens with one attached hydrogen (secondary N) is 1. The number of carbonyl (C=O) groups is 1. The van der Waals surface area contributed by atoms with Crippen LogP contribution >= 0.6 is 0 Å². The lowest BCUT2D eigenvalue weighted by Gasteiger charge is -2.10. The van der Waals surface area contributed by atoms with E-state index >= 15 is 0 Å². The summed E-state index contributed by atoms with van der Waals surface area (Å²) in [5, 5.41) is 20.9. The maximum Gasteiger partial charge on any atom is 0.244 e.